The number of carbonyl (C=O) groups excluding carboxylic acids is 2. The lowest BCUT2D eigenvalue weighted by atomic mass is 9.88. The molecule has 1 aromatic heterocycles. The molecule has 230 valence electrons. The summed E-state index contributed by atoms with van der Waals surface area (Å²) in [6.07, 6.45) is 3.30. The van der Waals surface area contributed by atoms with Crippen LogP contribution in [0, 0.1) is 12.7 Å². The van der Waals surface area contributed by atoms with Crippen molar-refractivity contribution in [3.63, 3.8) is 0 Å². The fraction of sp³-hybridized carbons (Fsp3) is 0.500. The Kier molecular flexibility index (Phi) is 9.10. The number of carbonyl (C=O) groups is 2. The Balaban J connectivity index is 1.31. The molecule has 1 unspecified atom stereocenters. The SMILES string of the molecule is CCOc1ccc(-c2cn(C3C[C@@H](C(=O)N4CCC(c5ccc(Br)c(C)c5)CC4)N(C(=O)OC(C)(C)C)C3)nn2)cc1F. The topological polar surface area (TPSA) is 89.8 Å². The lowest BCUT2D eigenvalue weighted by Gasteiger charge is -2.36. The lowest BCUT2D eigenvalue weighted by Crippen LogP contribution is -2.50. The summed E-state index contributed by atoms with van der Waals surface area (Å²) in [4.78, 5) is 30.6. The highest BCUT2D eigenvalue weighted by atomic mass is 79.9. The number of amides is 2. The molecule has 2 saturated heterocycles. The van der Waals surface area contributed by atoms with E-state index in [-0.39, 0.29) is 24.2 Å². The number of halogens is 2. The van der Waals surface area contributed by atoms with Gasteiger partial charge >= 0.3 is 6.09 Å². The number of piperidine rings is 1. The standard InChI is InChI=1S/C32H39BrFN5O4/c1-6-42-29-10-8-23(16-26(29)34)27-19-39(36-35-27)24-17-28(38(18-24)31(41)43-32(3,4)5)30(40)37-13-11-21(12-14-37)22-7-9-25(33)20(2)15-22/h7-10,15-16,19,21,24,28H,6,11-14,17-18H2,1-5H3/t24?,28-/m0/s1. The maximum atomic E-state index is 14.5. The number of aromatic nitrogens is 3. The molecule has 0 bridgehead atoms. The zero-order valence-electron chi connectivity index (χ0n) is 25.3. The molecule has 5 rings (SSSR count). The van der Waals surface area contributed by atoms with Gasteiger partial charge in [-0.1, -0.05) is 33.3 Å². The lowest BCUT2D eigenvalue weighted by molar-refractivity contribution is -0.137. The van der Waals surface area contributed by atoms with Crippen LogP contribution in [-0.2, 0) is 9.53 Å². The number of hydrogen-bond donors (Lipinski definition) is 0. The van der Waals surface area contributed by atoms with Crippen molar-refractivity contribution in [1.29, 1.82) is 0 Å². The molecule has 2 aromatic carbocycles. The van der Waals surface area contributed by atoms with Crippen molar-refractivity contribution in [3.05, 3.63) is 64.0 Å². The minimum absolute atomic E-state index is 0.0762. The fourth-order valence-electron chi connectivity index (χ4n) is 5.85. The predicted octanol–water partition coefficient (Wildman–Crippen LogP) is 6.51. The molecular formula is C32H39BrFN5O4. The average molecular weight is 657 g/mol. The Morgan fingerprint density at radius 3 is 2.51 bits per heavy atom. The number of rotatable bonds is 6. The monoisotopic (exact) mass is 655 g/mol. The molecule has 3 heterocycles. The van der Waals surface area contributed by atoms with Gasteiger partial charge in [-0.15, -0.1) is 5.10 Å². The molecular weight excluding hydrogens is 617 g/mol. The molecule has 2 atom stereocenters. The van der Waals surface area contributed by atoms with Crippen LogP contribution < -0.4 is 4.74 Å². The summed E-state index contributed by atoms with van der Waals surface area (Å²) in [5.41, 5.74) is 2.84. The predicted molar refractivity (Wildman–Crippen MR) is 164 cm³/mol. The van der Waals surface area contributed by atoms with Gasteiger partial charge in [-0.2, -0.15) is 0 Å². The first-order valence-electron chi connectivity index (χ1n) is 14.8. The van der Waals surface area contributed by atoms with Gasteiger partial charge in [0.15, 0.2) is 11.6 Å². The normalized spacial score (nSPS) is 19.5. The Hall–Kier alpha value is -3.47. The van der Waals surface area contributed by atoms with Crippen molar-refractivity contribution in [3.8, 4) is 17.0 Å². The second kappa shape index (κ2) is 12.6. The maximum absolute atomic E-state index is 14.5. The zero-order chi connectivity index (χ0) is 30.9. The van der Waals surface area contributed by atoms with Gasteiger partial charge in [-0.3, -0.25) is 9.69 Å². The van der Waals surface area contributed by atoms with E-state index >= 15 is 0 Å². The van der Waals surface area contributed by atoms with E-state index in [1.807, 2.05) is 25.7 Å². The van der Waals surface area contributed by atoms with Gasteiger partial charge in [0.05, 0.1) is 18.8 Å². The Morgan fingerprint density at radius 1 is 1.12 bits per heavy atom. The Labute approximate surface area is 260 Å². The van der Waals surface area contributed by atoms with E-state index in [1.54, 1.807) is 29.9 Å². The first-order valence-corrected chi connectivity index (χ1v) is 15.6. The van der Waals surface area contributed by atoms with Gasteiger partial charge in [0.1, 0.15) is 17.3 Å². The summed E-state index contributed by atoms with van der Waals surface area (Å²) in [5.74, 6) is 0.0122. The maximum Gasteiger partial charge on any atom is 0.411 e. The van der Waals surface area contributed by atoms with E-state index in [9.17, 15) is 14.0 Å². The van der Waals surface area contributed by atoms with Crippen molar-refractivity contribution in [2.75, 3.05) is 26.2 Å². The van der Waals surface area contributed by atoms with Gasteiger partial charge in [0.2, 0.25) is 5.91 Å². The van der Waals surface area contributed by atoms with Crippen molar-refractivity contribution in [2.24, 2.45) is 0 Å². The van der Waals surface area contributed by atoms with Crippen LogP contribution in [0.25, 0.3) is 11.3 Å². The first kappa shape index (κ1) is 31.0. The summed E-state index contributed by atoms with van der Waals surface area (Å²) in [6, 6.07) is 10.2. The van der Waals surface area contributed by atoms with E-state index in [0.717, 1.165) is 17.3 Å². The van der Waals surface area contributed by atoms with Gasteiger partial charge in [-0.05, 0) is 88.8 Å². The third-order valence-electron chi connectivity index (χ3n) is 8.06. The largest absolute Gasteiger partial charge is 0.491 e. The highest BCUT2D eigenvalue weighted by Gasteiger charge is 2.44. The molecule has 2 amide bonds. The van der Waals surface area contributed by atoms with Crippen LogP contribution in [0.1, 0.15) is 70.0 Å². The second-order valence-corrected chi connectivity index (χ2v) is 13.2. The van der Waals surface area contributed by atoms with Crippen molar-refractivity contribution in [1.82, 2.24) is 24.8 Å². The zero-order valence-corrected chi connectivity index (χ0v) is 26.9. The van der Waals surface area contributed by atoms with E-state index in [2.05, 4.69) is 51.4 Å². The smallest absolute Gasteiger partial charge is 0.411 e. The third-order valence-corrected chi connectivity index (χ3v) is 8.95. The van der Waals surface area contributed by atoms with Crippen LogP contribution in [0.4, 0.5) is 9.18 Å². The molecule has 11 heteroatoms. The molecule has 0 N–H and O–H groups in total. The Morgan fingerprint density at radius 2 is 1.86 bits per heavy atom. The van der Waals surface area contributed by atoms with Crippen LogP contribution in [-0.4, -0.2) is 74.7 Å². The summed E-state index contributed by atoms with van der Waals surface area (Å²) >= 11 is 3.58. The number of likely N-dealkylation sites (tertiary alicyclic amines) is 2. The van der Waals surface area contributed by atoms with Crippen LogP contribution in [0.3, 0.4) is 0 Å². The number of aryl methyl sites for hydroxylation is 1. The van der Waals surface area contributed by atoms with Gasteiger partial charge < -0.3 is 14.4 Å². The fourth-order valence-corrected chi connectivity index (χ4v) is 6.09. The van der Waals surface area contributed by atoms with Crippen molar-refractivity contribution in [2.45, 2.75) is 77.5 Å². The molecule has 43 heavy (non-hydrogen) atoms. The average Bonchev–Trinajstić information content (AvgIpc) is 3.63. The number of ether oxygens (including phenoxy) is 2. The van der Waals surface area contributed by atoms with Crippen LogP contribution >= 0.6 is 15.9 Å². The molecule has 9 nitrogen and oxygen atoms in total. The molecule has 0 saturated carbocycles. The van der Waals surface area contributed by atoms with Crippen LogP contribution in [0.2, 0.25) is 0 Å². The highest BCUT2D eigenvalue weighted by Crippen LogP contribution is 2.34. The first-order chi connectivity index (χ1) is 20.4. The highest BCUT2D eigenvalue weighted by molar-refractivity contribution is 9.10. The quantitative estimate of drug-likeness (QED) is 0.301. The van der Waals surface area contributed by atoms with Crippen LogP contribution in [0.15, 0.2) is 47.1 Å². The summed E-state index contributed by atoms with van der Waals surface area (Å²) in [7, 11) is 0. The number of hydrogen-bond acceptors (Lipinski definition) is 6. The van der Waals surface area contributed by atoms with Crippen molar-refractivity contribution >= 4 is 27.9 Å². The molecule has 0 aliphatic carbocycles. The molecule has 2 aliphatic heterocycles. The summed E-state index contributed by atoms with van der Waals surface area (Å²) in [6.45, 7) is 11.2. The minimum atomic E-state index is -0.706. The minimum Gasteiger partial charge on any atom is -0.491 e. The third kappa shape index (κ3) is 7.03. The van der Waals surface area contributed by atoms with E-state index < -0.39 is 23.6 Å². The second-order valence-electron chi connectivity index (χ2n) is 12.3. The van der Waals surface area contributed by atoms with E-state index in [1.165, 1.54) is 22.1 Å². The summed E-state index contributed by atoms with van der Waals surface area (Å²) < 4.78 is 28.3. The van der Waals surface area contributed by atoms with E-state index in [0.29, 0.717) is 43.3 Å². The number of nitrogens with zero attached hydrogens (tertiary/aromatic N) is 5. The molecule has 2 fully saturated rings. The molecule has 0 spiro atoms. The van der Waals surface area contributed by atoms with Gasteiger partial charge in [-0.25, -0.2) is 13.9 Å². The van der Waals surface area contributed by atoms with Crippen molar-refractivity contribution < 1.29 is 23.5 Å². The Bertz CT molecular complexity index is 1480. The molecule has 3 aromatic rings. The molecule has 0 radical (unpaired) electrons. The van der Waals surface area contributed by atoms with Gasteiger partial charge in [0.25, 0.3) is 0 Å². The van der Waals surface area contributed by atoms with E-state index in [4.69, 9.17) is 9.47 Å². The summed E-state index contributed by atoms with van der Waals surface area (Å²) in [5, 5.41) is 8.56. The number of benzene rings is 2. The van der Waals surface area contributed by atoms with Gasteiger partial charge in [0, 0.05) is 36.1 Å². The molecule has 2 aliphatic rings. The van der Waals surface area contributed by atoms with Crippen LogP contribution in [0.5, 0.6) is 5.75 Å².